The molecule has 0 radical (unpaired) electrons. The van der Waals surface area contributed by atoms with E-state index >= 15 is 0 Å². The van der Waals surface area contributed by atoms with E-state index in [4.69, 9.17) is 33.3 Å². The van der Waals surface area contributed by atoms with Gasteiger partial charge in [-0.1, -0.05) is 23.7 Å². The van der Waals surface area contributed by atoms with Crippen LogP contribution in [0.4, 0.5) is 5.69 Å². The van der Waals surface area contributed by atoms with Crippen molar-refractivity contribution in [2.24, 2.45) is 0 Å². The number of hydrogen-bond donors (Lipinski definition) is 2. The number of amides is 1. The van der Waals surface area contributed by atoms with Crippen molar-refractivity contribution in [3.63, 3.8) is 0 Å². The third-order valence-electron chi connectivity index (χ3n) is 4.74. The minimum Gasteiger partial charge on any atom is -0.497 e. The van der Waals surface area contributed by atoms with E-state index in [-0.39, 0.29) is 22.4 Å². The van der Waals surface area contributed by atoms with Crippen molar-refractivity contribution in [1.82, 2.24) is 5.32 Å². The number of thiocarbonyl (C=S) groups is 1. The average molecular weight is 519 g/mol. The first-order valence-corrected chi connectivity index (χ1v) is 12.6. The molecule has 0 spiro atoms. The number of nitrogens with one attached hydrogen (secondary N) is 2. The van der Waals surface area contributed by atoms with E-state index in [0.717, 1.165) is 5.56 Å². The predicted octanol–water partition coefficient (Wildman–Crippen LogP) is 4.52. The number of hydrogen-bond acceptors (Lipinski definition) is 6. The van der Waals surface area contributed by atoms with E-state index in [1.165, 1.54) is 12.1 Å². The molecule has 10 heteroatoms. The molecule has 178 valence electrons. The summed E-state index contributed by atoms with van der Waals surface area (Å²) in [5.74, 6) is 0.632. The number of benzene rings is 3. The monoisotopic (exact) mass is 518 g/mol. The molecular formula is C24H23ClN2O5S2. The van der Waals surface area contributed by atoms with Gasteiger partial charge in [-0.15, -0.1) is 0 Å². The van der Waals surface area contributed by atoms with Gasteiger partial charge in [0.2, 0.25) is 0 Å². The molecule has 0 aliphatic heterocycles. The highest BCUT2D eigenvalue weighted by Crippen LogP contribution is 2.22. The lowest BCUT2D eigenvalue weighted by molar-refractivity contribution is -0.121. The first-order valence-electron chi connectivity index (χ1n) is 10.1. The van der Waals surface area contributed by atoms with Gasteiger partial charge < -0.3 is 14.8 Å². The van der Waals surface area contributed by atoms with Crippen molar-refractivity contribution in [1.29, 1.82) is 0 Å². The lowest BCUT2D eigenvalue weighted by Gasteiger charge is -2.12. The second-order valence-electron chi connectivity index (χ2n) is 7.33. The fraction of sp³-hybridized carbons (Fsp3) is 0.167. The van der Waals surface area contributed by atoms with Crippen LogP contribution in [0, 0.1) is 6.92 Å². The van der Waals surface area contributed by atoms with Crippen LogP contribution in [0.3, 0.4) is 0 Å². The molecule has 0 bridgehead atoms. The van der Waals surface area contributed by atoms with Gasteiger partial charge in [0.25, 0.3) is 5.91 Å². The molecule has 0 aliphatic carbocycles. The number of carbonyl (C=O) groups is 1. The van der Waals surface area contributed by atoms with Gasteiger partial charge in [-0.05, 0) is 84.9 Å². The Hall–Kier alpha value is -3.14. The largest absolute Gasteiger partial charge is 0.497 e. The van der Waals surface area contributed by atoms with Crippen LogP contribution in [0.2, 0.25) is 5.02 Å². The molecule has 0 aliphatic rings. The van der Waals surface area contributed by atoms with Gasteiger partial charge in [-0.2, -0.15) is 0 Å². The van der Waals surface area contributed by atoms with Gasteiger partial charge >= 0.3 is 0 Å². The molecule has 3 aromatic carbocycles. The zero-order valence-electron chi connectivity index (χ0n) is 18.5. The Bertz CT molecular complexity index is 1280. The maximum Gasteiger partial charge on any atom is 0.264 e. The second kappa shape index (κ2) is 11.3. The van der Waals surface area contributed by atoms with E-state index in [9.17, 15) is 13.2 Å². The topological polar surface area (TPSA) is 93.7 Å². The fourth-order valence-corrected chi connectivity index (χ4v) is 4.82. The highest BCUT2D eigenvalue weighted by Gasteiger charge is 2.16. The summed E-state index contributed by atoms with van der Waals surface area (Å²) >= 11 is 11.1. The molecule has 1 amide bonds. The van der Waals surface area contributed by atoms with E-state index in [1.807, 2.05) is 6.92 Å². The van der Waals surface area contributed by atoms with Crippen LogP contribution < -0.4 is 20.1 Å². The molecule has 0 aromatic heterocycles. The van der Waals surface area contributed by atoms with Crippen LogP contribution in [0.1, 0.15) is 11.1 Å². The van der Waals surface area contributed by atoms with Crippen molar-refractivity contribution in [2.75, 3.05) is 19.0 Å². The van der Waals surface area contributed by atoms with Gasteiger partial charge in [-0.3, -0.25) is 10.1 Å². The van der Waals surface area contributed by atoms with Gasteiger partial charge in [0.15, 0.2) is 21.6 Å². The first-order chi connectivity index (χ1) is 16.2. The van der Waals surface area contributed by atoms with E-state index in [2.05, 4.69) is 10.6 Å². The molecule has 7 nitrogen and oxygen atoms in total. The molecule has 0 saturated heterocycles. The molecule has 0 unspecified atom stereocenters. The molecule has 3 aromatic rings. The molecule has 0 heterocycles. The summed E-state index contributed by atoms with van der Waals surface area (Å²) in [6, 6.07) is 18.1. The standard InChI is InChI=1S/C24H23ClN2O5S2/c1-16-13-18(25)5-12-22(16)32-14-23(28)27-24(33)26-19-6-10-21(11-7-19)34(29,30)15-17-3-8-20(31-2)9-4-17/h3-13H,14-15H2,1-2H3,(H2,26,27,28,33). The highest BCUT2D eigenvalue weighted by molar-refractivity contribution is 7.90. The summed E-state index contributed by atoms with van der Waals surface area (Å²) in [5, 5.41) is 6.01. The zero-order valence-corrected chi connectivity index (χ0v) is 20.9. The Morgan fingerprint density at radius 3 is 2.32 bits per heavy atom. The van der Waals surface area contributed by atoms with Crippen molar-refractivity contribution < 1.29 is 22.7 Å². The number of rotatable bonds is 8. The number of aryl methyl sites for hydroxylation is 1. The maximum atomic E-state index is 12.7. The molecule has 34 heavy (non-hydrogen) atoms. The summed E-state index contributed by atoms with van der Waals surface area (Å²) in [6.45, 7) is 1.60. The van der Waals surface area contributed by atoms with Gasteiger partial charge in [-0.25, -0.2) is 8.42 Å². The van der Waals surface area contributed by atoms with Crippen molar-refractivity contribution >= 4 is 50.4 Å². The maximum absolute atomic E-state index is 12.7. The van der Waals surface area contributed by atoms with E-state index < -0.39 is 15.7 Å². The van der Waals surface area contributed by atoms with E-state index in [0.29, 0.717) is 27.8 Å². The minimum atomic E-state index is -3.53. The van der Waals surface area contributed by atoms with Gasteiger partial charge in [0.1, 0.15) is 11.5 Å². The summed E-state index contributed by atoms with van der Waals surface area (Å²) < 4.78 is 36.0. The molecule has 0 atom stereocenters. The normalized spacial score (nSPS) is 10.9. The SMILES string of the molecule is COc1ccc(CS(=O)(=O)c2ccc(NC(=S)NC(=O)COc3ccc(Cl)cc3C)cc2)cc1. The molecule has 0 fully saturated rings. The third kappa shape index (κ3) is 7.18. The summed E-state index contributed by atoms with van der Waals surface area (Å²) in [4.78, 5) is 12.3. The van der Waals surface area contributed by atoms with Crippen LogP contribution in [0.5, 0.6) is 11.5 Å². The van der Waals surface area contributed by atoms with Crippen molar-refractivity contribution in [3.05, 3.63) is 82.9 Å². The van der Waals surface area contributed by atoms with E-state index in [1.54, 1.807) is 61.7 Å². The van der Waals surface area contributed by atoms with Crippen LogP contribution in [0.25, 0.3) is 0 Å². The quantitative estimate of drug-likeness (QED) is 0.423. The Kier molecular flexibility index (Phi) is 8.49. The van der Waals surface area contributed by atoms with Crippen LogP contribution >= 0.6 is 23.8 Å². The molecule has 2 N–H and O–H groups in total. The Morgan fingerprint density at radius 1 is 1.03 bits per heavy atom. The van der Waals surface area contributed by atoms with Crippen LogP contribution in [0.15, 0.2) is 71.6 Å². The number of sulfone groups is 1. The van der Waals surface area contributed by atoms with Crippen molar-refractivity contribution in [3.8, 4) is 11.5 Å². The predicted molar refractivity (Wildman–Crippen MR) is 136 cm³/mol. The Balaban J connectivity index is 1.52. The van der Waals surface area contributed by atoms with Crippen LogP contribution in [-0.4, -0.2) is 33.2 Å². The average Bonchev–Trinajstić information content (AvgIpc) is 2.79. The third-order valence-corrected chi connectivity index (χ3v) is 6.88. The number of carbonyl (C=O) groups excluding carboxylic acids is 1. The summed E-state index contributed by atoms with van der Waals surface area (Å²) in [6.07, 6.45) is 0. The zero-order chi connectivity index (χ0) is 24.7. The lowest BCUT2D eigenvalue weighted by atomic mass is 10.2. The van der Waals surface area contributed by atoms with Crippen molar-refractivity contribution in [2.45, 2.75) is 17.6 Å². The van der Waals surface area contributed by atoms with Gasteiger partial charge in [0.05, 0.1) is 17.8 Å². The second-order valence-corrected chi connectivity index (χ2v) is 10.2. The minimum absolute atomic E-state index is 0.0651. The first kappa shape index (κ1) is 25.5. The summed E-state index contributed by atoms with van der Waals surface area (Å²) in [7, 11) is -1.98. The number of anilines is 1. The number of halogens is 1. The number of methoxy groups -OCH3 is 1. The lowest BCUT2D eigenvalue weighted by Crippen LogP contribution is -2.37. The van der Waals surface area contributed by atoms with Gasteiger partial charge in [0, 0.05) is 10.7 Å². The fourth-order valence-electron chi connectivity index (χ4n) is 3.01. The molecule has 3 rings (SSSR count). The van der Waals surface area contributed by atoms with Crippen LogP contribution in [-0.2, 0) is 20.4 Å². The molecular weight excluding hydrogens is 496 g/mol. The number of ether oxygens (including phenoxy) is 2. The molecule has 0 saturated carbocycles. The highest BCUT2D eigenvalue weighted by atomic mass is 35.5. The summed E-state index contributed by atoms with van der Waals surface area (Å²) in [5.41, 5.74) is 1.99. The Morgan fingerprint density at radius 2 is 1.71 bits per heavy atom. The Labute approximate surface area is 209 Å². The smallest absolute Gasteiger partial charge is 0.264 e.